The summed E-state index contributed by atoms with van der Waals surface area (Å²) in [5, 5.41) is 0. The molecule has 1 atom stereocenters. The van der Waals surface area contributed by atoms with Crippen LogP contribution >= 0.6 is 0 Å². The Morgan fingerprint density at radius 3 is 2.69 bits per heavy atom. The van der Waals surface area contributed by atoms with Gasteiger partial charge in [-0.1, -0.05) is 6.92 Å². The van der Waals surface area contributed by atoms with Crippen molar-refractivity contribution in [3.8, 4) is 0 Å². The number of nitrogens with zero attached hydrogens (tertiary/aromatic N) is 1. The lowest BCUT2D eigenvalue weighted by atomic mass is 9.94. The highest BCUT2D eigenvalue weighted by Crippen LogP contribution is 2.25. The van der Waals surface area contributed by atoms with Crippen LogP contribution in [0.4, 0.5) is 0 Å². The lowest BCUT2D eigenvalue weighted by molar-refractivity contribution is -0.142. The maximum atomic E-state index is 12.4. The van der Waals surface area contributed by atoms with Crippen LogP contribution in [0.3, 0.4) is 0 Å². The number of piperidine rings is 1. The predicted octanol–water partition coefficient (Wildman–Crippen LogP) is 2.20. The number of amides is 1. The van der Waals surface area contributed by atoms with E-state index in [1.165, 1.54) is 19.3 Å². The van der Waals surface area contributed by atoms with Gasteiger partial charge in [-0.2, -0.15) is 0 Å². The van der Waals surface area contributed by atoms with Gasteiger partial charge in [0.15, 0.2) is 0 Å². The van der Waals surface area contributed by atoms with Crippen molar-refractivity contribution in [2.45, 2.75) is 51.5 Å². The molecule has 0 aromatic rings. The Balaban J connectivity index is 1.95. The Hall–Kier alpha value is -0.570. The fraction of sp³-hybridized carbons (Fsp3) is 0.923. The summed E-state index contributed by atoms with van der Waals surface area (Å²) < 4.78 is 5.32. The van der Waals surface area contributed by atoms with Crippen LogP contribution < -0.4 is 0 Å². The summed E-state index contributed by atoms with van der Waals surface area (Å²) >= 11 is 0. The average molecular weight is 225 g/mol. The summed E-state index contributed by atoms with van der Waals surface area (Å²) in [6.45, 7) is 4.71. The number of likely N-dealkylation sites (tertiary alicyclic amines) is 1. The second-order valence-corrected chi connectivity index (χ2v) is 4.98. The van der Waals surface area contributed by atoms with E-state index in [4.69, 9.17) is 4.74 Å². The number of carbonyl (C=O) groups excluding carboxylic acids is 1. The first-order chi connectivity index (χ1) is 7.83. The van der Waals surface area contributed by atoms with Crippen LogP contribution in [0.1, 0.15) is 45.4 Å². The SMILES string of the molecule is CCC1CCCCN1C(=O)C1CCOCC1. The van der Waals surface area contributed by atoms with Gasteiger partial charge < -0.3 is 9.64 Å². The van der Waals surface area contributed by atoms with E-state index in [0.717, 1.165) is 39.0 Å². The van der Waals surface area contributed by atoms with Crippen molar-refractivity contribution < 1.29 is 9.53 Å². The number of ether oxygens (including phenoxy) is 1. The van der Waals surface area contributed by atoms with Crippen molar-refractivity contribution in [1.82, 2.24) is 4.90 Å². The fourth-order valence-electron chi connectivity index (χ4n) is 2.89. The van der Waals surface area contributed by atoms with Crippen LogP contribution in [0.25, 0.3) is 0 Å². The highest BCUT2D eigenvalue weighted by Gasteiger charge is 2.31. The van der Waals surface area contributed by atoms with E-state index < -0.39 is 0 Å². The molecule has 0 N–H and O–H groups in total. The third kappa shape index (κ3) is 2.57. The minimum atomic E-state index is 0.237. The van der Waals surface area contributed by atoms with Gasteiger partial charge in [0.1, 0.15) is 0 Å². The Kier molecular flexibility index (Phi) is 4.22. The molecule has 2 aliphatic heterocycles. The van der Waals surface area contributed by atoms with Crippen LogP contribution in [0, 0.1) is 5.92 Å². The molecule has 3 nitrogen and oxygen atoms in total. The Labute approximate surface area is 98.1 Å². The zero-order valence-corrected chi connectivity index (χ0v) is 10.3. The normalized spacial score (nSPS) is 28.1. The standard InChI is InChI=1S/C13H23NO2/c1-2-12-5-3-4-8-14(12)13(15)11-6-9-16-10-7-11/h11-12H,2-10H2,1H3. The van der Waals surface area contributed by atoms with Crippen LogP contribution in [0.15, 0.2) is 0 Å². The van der Waals surface area contributed by atoms with E-state index in [-0.39, 0.29) is 5.92 Å². The molecule has 0 radical (unpaired) electrons. The van der Waals surface area contributed by atoms with E-state index in [1.54, 1.807) is 0 Å². The molecule has 0 bridgehead atoms. The number of hydrogen-bond acceptors (Lipinski definition) is 2. The topological polar surface area (TPSA) is 29.5 Å². The molecular weight excluding hydrogens is 202 g/mol. The Morgan fingerprint density at radius 1 is 1.25 bits per heavy atom. The molecule has 1 unspecified atom stereocenters. The van der Waals surface area contributed by atoms with E-state index in [0.29, 0.717) is 11.9 Å². The molecule has 0 saturated carbocycles. The lowest BCUT2D eigenvalue weighted by Crippen LogP contribution is -2.47. The van der Waals surface area contributed by atoms with Crippen molar-refractivity contribution in [3.05, 3.63) is 0 Å². The van der Waals surface area contributed by atoms with Crippen LogP contribution in [-0.4, -0.2) is 36.6 Å². The van der Waals surface area contributed by atoms with Crippen LogP contribution in [0.5, 0.6) is 0 Å². The highest BCUT2D eigenvalue weighted by molar-refractivity contribution is 5.79. The van der Waals surface area contributed by atoms with Gasteiger partial charge in [-0.3, -0.25) is 4.79 Å². The van der Waals surface area contributed by atoms with Gasteiger partial charge >= 0.3 is 0 Å². The van der Waals surface area contributed by atoms with Gasteiger partial charge in [-0.25, -0.2) is 0 Å². The highest BCUT2D eigenvalue weighted by atomic mass is 16.5. The maximum Gasteiger partial charge on any atom is 0.226 e. The fourth-order valence-corrected chi connectivity index (χ4v) is 2.89. The van der Waals surface area contributed by atoms with Crippen LogP contribution in [-0.2, 0) is 9.53 Å². The molecule has 0 spiro atoms. The molecule has 92 valence electrons. The monoisotopic (exact) mass is 225 g/mol. The molecule has 2 aliphatic rings. The van der Waals surface area contributed by atoms with Gasteiger partial charge in [0, 0.05) is 31.7 Å². The third-order valence-corrected chi connectivity index (χ3v) is 3.95. The third-order valence-electron chi connectivity index (χ3n) is 3.95. The largest absolute Gasteiger partial charge is 0.381 e. The summed E-state index contributed by atoms with van der Waals surface area (Å²) in [4.78, 5) is 14.5. The van der Waals surface area contributed by atoms with E-state index >= 15 is 0 Å². The number of rotatable bonds is 2. The minimum Gasteiger partial charge on any atom is -0.381 e. The molecule has 2 rings (SSSR count). The smallest absolute Gasteiger partial charge is 0.226 e. The molecule has 1 amide bonds. The molecule has 2 heterocycles. The van der Waals surface area contributed by atoms with Crippen molar-refractivity contribution in [2.24, 2.45) is 5.92 Å². The number of carbonyl (C=O) groups is 1. The van der Waals surface area contributed by atoms with E-state index in [9.17, 15) is 4.79 Å². The second-order valence-electron chi connectivity index (χ2n) is 4.98. The molecular formula is C13H23NO2. The molecule has 2 saturated heterocycles. The Bertz CT molecular complexity index is 236. The first-order valence-electron chi connectivity index (χ1n) is 6.71. The molecule has 0 aliphatic carbocycles. The summed E-state index contributed by atoms with van der Waals surface area (Å²) in [5.41, 5.74) is 0. The molecule has 0 aromatic carbocycles. The molecule has 2 fully saturated rings. The summed E-state index contributed by atoms with van der Waals surface area (Å²) in [6, 6.07) is 0.504. The average Bonchev–Trinajstić information content (AvgIpc) is 2.39. The van der Waals surface area contributed by atoms with Gasteiger partial charge in [0.25, 0.3) is 0 Å². The van der Waals surface area contributed by atoms with Crippen LogP contribution in [0.2, 0.25) is 0 Å². The first kappa shape index (κ1) is 11.9. The summed E-state index contributed by atoms with van der Waals surface area (Å²) in [7, 11) is 0. The van der Waals surface area contributed by atoms with Gasteiger partial charge in [-0.05, 0) is 38.5 Å². The second kappa shape index (κ2) is 5.67. The predicted molar refractivity (Wildman–Crippen MR) is 63.2 cm³/mol. The van der Waals surface area contributed by atoms with Gasteiger partial charge in [-0.15, -0.1) is 0 Å². The first-order valence-corrected chi connectivity index (χ1v) is 6.71. The lowest BCUT2D eigenvalue weighted by Gasteiger charge is -2.38. The summed E-state index contributed by atoms with van der Waals surface area (Å²) in [6.07, 6.45) is 6.62. The van der Waals surface area contributed by atoms with Crippen molar-refractivity contribution in [1.29, 1.82) is 0 Å². The molecule has 16 heavy (non-hydrogen) atoms. The molecule has 3 heteroatoms. The Morgan fingerprint density at radius 2 is 2.00 bits per heavy atom. The molecule has 0 aromatic heterocycles. The van der Waals surface area contributed by atoms with Crippen molar-refractivity contribution in [3.63, 3.8) is 0 Å². The van der Waals surface area contributed by atoms with E-state index in [1.807, 2.05) is 0 Å². The van der Waals surface area contributed by atoms with Crippen molar-refractivity contribution in [2.75, 3.05) is 19.8 Å². The summed E-state index contributed by atoms with van der Waals surface area (Å²) in [5.74, 6) is 0.635. The van der Waals surface area contributed by atoms with E-state index in [2.05, 4.69) is 11.8 Å². The zero-order valence-electron chi connectivity index (χ0n) is 10.3. The minimum absolute atomic E-state index is 0.237. The van der Waals surface area contributed by atoms with Crippen molar-refractivity contribution >= 4 is 5.91 Å². The van der Waals surface area contributed by atoms with Gasteiger partial charge in [0.05, 0.1) is 0 Å². The maximum absolute atomic E-state index is 12.4. The van der Waals surface area contributed by atoms with Gasteiger partial charge in [0.2, 0.25) is 5.91 Å². The quantitative estimate of drug-likeness (QED) is 0.721. The zero-order chi connectivity index (χ0) is 11.4. The number of hydrogen-bond donors (Lipinski definition) is 0.